The fourth-order valence-electron chi connectivity index (χ4n) is 3.93. The summed E-state index contributed by atoms with van der Waals surface area (Å²) in [4.78, 5) is 21.9. The van der Waals surface area contributed by atoms with Gasteiger partial charge in [-0.15, -0.1) is 0 Å². The Morgan fingerprint density at radius 2 is 1.73 bits per heavy atom. The molecular weight excluding hydrogens is 490 g/mol. The number of amides is 1. The highest BCUT2D eigenvalue weighted by Gasteiger charge is 2.25. The van der Waals surface area contributed by atoms with Crippen molar-refractivity contribution in [2.45, 2.75) is 52.6 Å². The number of carbonyl (C=O) groups is 1. The van der Waals surface area contributed by atoms with Crippen molar-refractivity contribution in [3.63, 3.8) is 0 Å². The van der Waals surface area contributed by atoms with Crippen molar-refractivity contribution in [2.75, 3.05) is 0 Å². The lowest BCUT2D eigenvalue weighted by molar-refractivity contribution is 0.0978. The minimum Gasteiger partial charge on any atom is -0.438 e. The van der Waals surface area contributed by atoms with Gasteiger partial charge < -0.3 is 4.74 Å². The number of aromatic nitrogens is 4. The summed E-state index contributed by atoms with van der Waals surface area (Å²) in [5, 5.41) is 4.11. The van der Waals surface area contributed by atoms with Gasteiger partial charge in [-0.1, -0.05) is 23.8 Å². The summed E-state index contributed by atoms with van der Waals surface area (Å²) in [6.45, 7) is 11.5. The summed E-state index contributed by atoms with van der Waals surface area (Å²) in [6, 6.07) is 11.8. The minimum atomic E-state index is -4.22. The number of nitrogens with one attached hydrogen (secondary N) is 1. The van der Waals surface area contributed by atoms with Crippen molar-refractivity contribution in [1.29, 1.82) is 0 Å². The zero-order chi connectivity index (χ0) is 26.9. The monoisotopic (exact) mass is 523 g/mol. The van der Waals surface area contributed by atoms with Crippen LogP contribution in [0.5, 0.6) is 11.6 Å². The Balaban J connectivity index is 0.00000267. The number of rotatable bonds is 7. The number of sulfonamides is 1. The fraction of sp³-hybridized carbons (Fsp3) is 0.259. The third-order valence-electron chi connectivity index (χ3n) is 5.70. The number of hydrogen-bond acceptors (Lipinski definition) is 7. The largest absolute Gasteiger partial charge is 0.438 e. The molecule has 9 nitrogen and oxygen atoms in total. The zero-order valence-electron chi connectivity index (χ0n) is 21.6. The average molecular weight is 524 g/mol. The molecule has 3 heterocycles. The van der Waals surface area contributed by atoms with Crippen molar-refractivity contribution in [2.24, 2.45) is 0 Å². The van der Waals surface area contributed by atoms with E-state index >= 15 is 0 Å². The summed E-state index contributed by atoms with van der Waals surface area (Å²) in [5.41, 5.74) is 4.54. The molecule has 10 heteroatoms. The van der Waals surface area contributed by atoms with Gasteiger partial charge in [0.15, 0.2) is 5.03 Å². The van der Waals surface area contributed by atoms with Gasteiger partial charge in [-0.3, -0.25) is 9.48 Å². The van der Waals surface area contributed by atoms with Crippen molar-refractivity contribution < 1.29 is 20.8 Å². The fourth-order valence-corrected chi connectivity index (χ4v) is 4.91. The van der Waals surface area contributed by atoms with Gasteiger partial charge in [-0.2, -0.15) is 13.5 Å². The first kappa shape index (κ1) is 26.0. The van der Waals surface area contributed by atoms with E-state index in [0.29, 0.717) is 17.1 Å². The molecule has 3 aromatic heterocycles. The maximum Gasteiger partial charge on any atom is 0.281 e. The maximum absolute atomic E-state index is 13.2. The molecule has 0 saturated heterocycles. The number of aryl methyl sites for hydroxylation is 4. The number of benzene rings is 1. The lowest BCUT2D eigenvalue weighted by Crippen LogP contribution is -2.31. The lowest BCUT2D eigenvalue weighted by atomic mass is 10.1. The molecule has 0 saturated carbocycles. The van der Waals surface area contributed by atoms with Crippen LogP contribution < -0.4 is 9.46 Å². The van der Waals surface area contributed by atoms with E-state index in [0.717, 1.165) is 22.3 Å². The van der Waals surface area contributed by atoms with E-state index in [9.17, 15) is 13.2 Å². The van der Waals surface area contributed by atoms with E-state index in [2.05, 4.69) is 19.8 Å². The summed E-state index contributed by atoms with van der Waals surface area (Å²) in [5.74, 6) is -0.349. The Morgan fingerprint density at radius 3 is 2.35 bits per heavy atom. The molecule has 196 valence electrons. The van der Waals surface area contributed by atoms with E-state index in [1.54, 1.807) is 36.0 Å². The van der Waals surface area contributed by atoms with Crippen molar-refractivity contribution in [3.05, 3.63) is 82.8 Å². The smallest absolute Gasteiger partial charge is 0.281 e. The van der Waals surface area contributed by atoms with Crippen LogP contribution in [0.3, 0.4) is 0 Å². The molecule has 1 aromatic carbocycles. The number of carbonyl (C=O) groups excluding carboxylic acids is 1. The zero-order valence-corrected chi connectivity index (χ0v) is 22.4. The molecule has 4 rings (SSSR count). The molecule has 1 amide bonds. The number of hydrogen-bond donors (Lipinski definition) is 1. The first-order valence-corrected chi connectivity index (χ1v) is 13.2. The predicted octanol–water partition coefficient (Wildman–Crippen LogP) is 5.56. The minimum absolute atomic E-state index is 0. The van der Waals surface area contributed by atoms with Crippen LogP contribution in [-0.2, 0) is 10.0 Å². The molecule has 0 aliphatic carbocycles. The van der Waals surface area contributed by atoms with Gasteiger partial charge in [0, 0.05) is 26.3 Å². The van der Waals surface area contributed by atoms with Crippen LogP contribution in [0.1, 0.15) is 55.5 Å². The Morgan fingerprint density at radius 1 is 1.03 bits per heavy atom. The predicted molar refractivity (Wildman–Crippen MR) is 144 cm³/mol. The highest BCUT2D eigenvalue weighted by atomic mass is 32.2. The normalized spacial score (nSPS) is 11.5. The molecule has 1 N–H and O–H groups in total. The molecule has 0 spiro atoms. The summed E-state index contributed by atoms with van der Waals surface area (Å²) in [7, 11) is -4.22. The van der Waals surface area contributed by atoms with Crippen molar-refractivity contribution >= 4 is 15.9 Å². The molecule has 0 aliphatic rings. The molecule has 4 aromatic rings. The second-order valence-corrected chi connectivity index (χ2v) is 10.9. The van der Waals surface area contributed by atoms with Crippen LogP contribution in [0.25, 0.3) is 11.3 Å². The summed E-state index contributed by atoms with van der Waals surface area (Å²) in [6.07, 6.45) is 3.54. The molecule has 0 aliphatic heterocycles. The molecule has 0 bridgehead atoms. The van der Waals surface area contributed by atoms with Gasteiger partial charge >= 0.3 is 0 Å². The maximum atomic E-state index is 13.2. The van der Waals surface area contributed by atoms with Gasteiger partial charge in [0.25, 0.3) is 15.9 Å². The average Bonchev–Trinajstić information content (AvgIpc) is 3.32. The van der Waals surface area contributed by atoms with E-state index in [1.807, 2.05) is 52.9 Å². The second-order valence-electron chi connectivity index (χ2n) is 9.23. The van der Waals surface area contributed by atoms with Crippen molar-refractivity contribution in [1.82, 2.24) is 24.5 Å². The first-order valence-electron chi connectivity index (χ1n) is 11.8. The third kappa shape index (κ3) is 5.69. The standard InChI is InChI=1S/C27H29N5O4S.2H2/c1-16(2)32-15-21(14-28-32)23-11-10-22(26(33)31-37(34,35)24-9-7-8-20(6)29-24)27(30-23)36-25-18(4)12-17(3)13-19(25)5;;/h7-16H,1-6H3,(H,31,33);2*1H. The quantitative estimate of drug-likeness (QED) is 0.337. The molecule has 0 fully saturated rings. The Kier molecular flexibility index (Phi) is 7.13. The Bertz CT molecular complexity index is 1580. The number of ether oxygens (including phenoxy) is 1. The van der Waals surface area contributed by atoms with E-state index < -0.39 is 15.9 Å². The number of nitrogens with zero attached hydrogens (tertiary/aromatic N) is 4. The van der Waals surface area contributed by atoms with Gasteiger partial charge in [0.05, 0.1) is 11.9 Å². The third-order valence-corrected chi connectivity index (χ3v) is 6.93. The SMILES string of the molecule is Cc1cc(C)c(Oc2nc(-c3cnn(C(C)C)c3)ccc2C(=O)NS(=O)(=O)c2cccc(C)n2)c(C)c1.[HH].[HH]. The van der Waals surface area contributed by atoms with Crippen LogP contribution in [-0.4, -0.2) is 34.1 Å². The van der Waals surface area contributed by atoms with Crippen LogP contribution in [0.15, 0.2) is 59.9 Å². The Labute approximate surface area is 219 Å². The van der Waals surface area contributed by atoms with E-state index in [1.165, 1.54) is 12.1 Å². The summed E-state index contributed by atoms with van der Waals surface area (Å²) >= 11 is 0. The van der Waals surface area contributed by atoms with Crippen LogP contribution >= 0.6 is 0 Å². The highest BCUT2D eigenvalue weighted by molar-refractivity contribution is 7.90. The topological polar surface area (TPSA) is 116 Å². The van der Waals surface area contributed by atoms with Crippen LogP contribution in [0.4, 0.5) is 0 Å². The van der Waals surface area contributed by atoms with Crippen LogP contribution in [0.2, 0.25) is 0 Å². The van der Waals surface area contributed by atoms with Gasteiger partial charge in [-0.25, -0.2) is 14.7 Å². The van der Waals surface area contributed by atoms with E-state index in [4.69, 9.17) is 4.74 Å². The first-order chi connectivity index (χ1) is 17.4. The summed E-state index contributed by atoms with van der Waals surface area (Å²) < 4.78 is 35.8. The van der Waals surface area contributed by atoms with E-state index in [-0.39, 0.29) is 25.4 Å². The van der Waals surface area contributed by atoms with Gasteiger partial charge in [0.1, 0.15) is 11.3 Å². The van der Waals surface area contributed by atoms with Crippen LogP contribution in [0, 0.1) is 27.7 Å². The molecule has 0 atom stereocenters. The van der Waals surface area contributed by atoms with Gasteiger partial charge in [-0.05, 0) is 76.9 Å². The highest BCUT2D eigenvalue weighted by Crippen LogP contribution is 2.32. The molecular formula is C27H33N5O4S. The molecule has 0 unspecified atom stereocenters. The number of pyridine rings is 2. The van der Waals surface area contributed by atoms with Gasteiger partial charge in [0.2, 0.25) is 5.88 Å². The molecule has 37 heavy (non-hydrogen) atoms. The second kappa shape index (κ2) is 10.1. The Hall–Kier alpha value is -4.05. The van der Waals surface area contributed by atoms with Crippen molar-refractivity contribution in [3.8, 4) is 22.9 Å². The lowest BCUT2D eigenvalue weighted by Gasteiger charge is -2.15. The molecule has 0 radical (unpaired) electrons.